The van der Waals surface area contributed by atoms with E-state index in [-0.39, 0.29) is 0 Å². The van der Waals surface area contributed by atoms with Crippen molar-refractivity contribution >= 4 is 33.4 Å². The summed E-state index contributed by atoms with van der Waals surface area (Å²) in [7, 11) is 0. The number of aromatic nitrogens is 4. The Morgan fingerprint density at radius 3 is 2.34 bits per heavy atom. The smallest absolute Gasteiger partial charge is 0.116 e. The summed E-state index contributed by atoms with van der Waals surface area (Å²) in [5, 5.41) is 3.55. The van der Waals surface area contributed by atoms with Gasteiger partial charge in [0.15, 0.2) is 0 Å². The van der Waals surface area contributed by atoms with Gasteiger partial charge in [-0.15, -0.1) is 0 Å². The predicted molar refractivity (Wildman–Crippen MR) is 166 cm³/mol. The van der Waals surface area contributed by atoms with Crippen molar-refractivity contribution in [2.75, 3.05) is 30.0 Å². The van der Waals surface area contributed by atoms with Gasteiger partial charge in [0, 0.05) is 36.8 Å². The normalized spacial score (nSPS) is 15.9. The number of anilines is 2. The molecule has 4 heterocycles. The molecule has 1 saturated heterocycles. The number of imidazole rings is 1. The maximum atomic E-state index is 5.11. The van der Waals surface area contributed by atoms with Crippen molar-refractivity contribution in [3.63, 3.8) is 0 Å². The third kappa shape index (κ3) is 4.48. The molecular formula is C34H31N7. The van der Waals surface area contributed by atoms with Crippen LogP contribution >= 0.6 is 0 Å². The molecule has 7 nitrogen and oxygen atoms in total. The Morgan fingerprint density at radius 2 is 1.51 bits per heavy atom. The summed E-state index contributed by atoms with van der Waals surface area (Å²) in [6.07, 6.45) is 3.98. The van der Waals surface area contributed by atoms with Crippen LogP contribution < -0.4 is 10.2 Å². The lowest BCUT2D eigenvalue weighted by Gasteiger charge is -2.37. The van der Waals surface area contributed by atoms with Crippen molar-refractivity contribution in [3.05, 3.63) is 103 Å². The zero-order valence-corrected chi connectivity index (χ0v) is 22.8. The molecule has 8 rings (SSSR count). The number of benzene rings is 4. The summed E-state index contributed by atoms with van der Waals surface area (Å²) >= 11 is 0. The molecule has 0 saturated carbocycles. The molecule has 41 heavy (non-hydrogen) atoms. The standard InChI is InChI=1S/C34H31N7/c1-2-6-24(7-3-1)33-34(39-31-19-29-28(35-21-36-29)18-30(31)38-33)25-12-10-23(11-13-25)20-40-16-14-26(15-17-40)41-22-37-27-8-4-5-9-32(27)41/h1-13,18-19,21,26,37,39H,14-17,20,22H2. The first-order chi connectivity index (χ1) is 20.3. The number of hydrogen-bond donors (Lipinski definition) is 2. The number of H-pyrrole nitrogens is 1. The minimum Gasteiger partial charge on any atom is -0.366 e. The zero-order valence-electron chi connectivity index (χ0n) is 22.8. The molecule has 2 N–H and O–H groups in total. The molecular weight excluding hydrogens is 506 g/mol. The van der Waals surface area contributed by atoms with Gasteiger partial charge in [-0.3, -0.25) is 4.90 Å². The van der Waals surface area contributed by atoms with Crippen LogP contribution in [0.1, 0.15) is 18.4 Å². The van der Waals surface area contributed by atoms with Crippen LogP contribution in [0.15, 0.2) is 97.3 Å². The molecule has 0 aliphatic carbocycles. The summed E-state index contributed by atoms with van der Waals surface area (Å²) in [5.41, 5.74) is 11.7. The lowest BCUT2D eigenvalue weighted by atomic mass is 10.0. The Bertz CT molecular complexity index is 1840. The number of nitrogens with one attached hydrogen (secondary N) is 2. The minimum absolute atomic E-state index is 0.595. The van der Waals surface area contributed by atoms with Gasteiger partial charge in [0.1, 0.15) is 6.33 Å². The van der Waals surface area contributed by atoms with Crippen LogP contribution in [0, 0.1) is 0 Å². The van der Waals surface area contributed by atoms with Crippen LogP contribution in [0.25, 0.3) is 44.6 Å². The van der Waals surface area contributed by atoms with Crippen molar-refractivity contribution in [3.8, 4) is 22.5 Å². The number of nitrogens with zero attached hydrogens (tertiary/aromatic N) is 5. The number of para-hydroxylation sites is 2. The second-order valence-electron chi connectivity index (χ2n) is 11.1. The van der Waals surface area contributed by atoms with E-state index >= 15 is 0 Å². The van der Waals surface area contributed by atoms with E-state index in [9.17, 15) is 0 Å². The fourth-order valence-corrected chi connectivity index (χ4v) is 6.38. The maximum absolute atomic E-state index is 5.11. The lowest BCUT2D eigenvalue weighted by molar-refractivity contribution is 0.202. The highest BCUT2D eigenvalue weighted by Crippen LogP contribution is 2.35. The van der Waals surface area contributed by atoms with E-state index in [1.165, 1.54) is 29.8 Å². The molecule has 4 aromatic carbocycles. The number of piperidine rings is 1. The highest BCUT2D eigenvalue weighted by molar-refractivity contribution is 5.94. The second kappa shape index (κ2) is 10.0. The number of fused-ring (bicyclic) bond motifs is 3. The molecule has 6 aromatic rings. The van der Waals surface area contributed by atoms with E-state index in [0.717, 1.165) is 70.9 Å². The minimum atomic E-state index is 0.595. The first kappa shape index (κ1) is 24.1. The predicted octanol–water partition coefficient (Wildman–Crippen LogP) is 6.69. The van der Waals surface area contributed by atoms with Gasteiger partial charge < -0.3 is 15.2 Å². The molecule has 7 heteroatoms. The van der Waals surface area contributed by atoms with Gasteiger partial charge in [-0.2, -0.15) is 0 Å². The molecule has 0 radical (unpaired) electrons. The molecule has 202 valence electrons. The largest absolute Gasteiger partial charge is 0.366 e. The van der Waals surface area contributed by atoms with Gasteiger partial charge in [0.25, 0.3) is 0 Å². The van der Waals surface area contributed by atoms with Crippen LogP contribution in [-0.4, -0.2) is 50.6 Å². The fraction of sp³-hybridized carbons (Fsp3) is 0.206. The molecule has 0 amide bonds. The maximum Gasteiger partial charge on any atom is 0.116 e. The molecule has 2 aliphatic rings. The first-order valence-electron chi connectivity index (χ1n) is 14.4. The Kier molecular flexibility index (Phi) is 5.88. The van der Waals surface area contributed by atoms with Gasteiger partial charge in [-0.05, 0) is 42.7 Å². The van der Waals surface area contributed by atoms with E-state index in [2.05, 4.69) is 103 Å². The van der Waals surface area contributed by atoms with E-state index in [0.29, 0.717) is 6.04 Å². The van der Waals surface area contributed by atoms with Gasteiger partial charge >= 0.3 is 0 Å². The van der Waals surface area contributed by atoms with E-state index in [1.54, 1.807) is 6.33 Å². The highest BCUT2D eigenvalue weighted by atomic mass is 15.3. The van der Waals surface area contributed by atoms with Crippen molar-refractivity contribution in [2.24, 2.45) is 0 Å². The van der Waals surface area contributed by atoms with E-state index < -0.39 is 0 Å². The second-order valence-corrected chi connectivity index (χ2v) is 11.1. The monoisotopic (exact) mass is 537 g/mol. The van der Waals surface area contributed by atoms with Crippen molar-refractivity contribution in [1.82, 2.24) is 24.8 Å². The summed E-state index contributed by atoms with van der Waals surface area (Å²) < 4.78 is 0. The van der Waals surface area contributed by atoms with Crippen molar-refractivity contribution in [2.45, 2.75) is 25.4 Å². The Labute approximate surface area is 238 Å². The summed E-state index contributed by atoms with van der Waals surface area (Å²) in [5.74, 6) is 0. The van der Waals surface area contributed by atoms with Crippen LogP contribution in [0.2, 0.25) is 0 Å². The average molecular weight is 538 g/mol. The molecule has 0 spiro atoms. The Balaban J connectivity index is 1.02. The fourth-order valence-electron chi connectivity index (χ4n) is 6.38. The van der Waals surface area contributed by atoms with Gasteiger partial charge in [0.2, 0.25) is 0 Å². The van der Waals surface area contributed by atoms with Crippen molar-refractivity contribution < 1.29 is 0 Å². The molecule has 0 bridgehead atoms. The molecule has 0 unspecified atom stereocenters. The first-order valence-corrected chi connectivity index (χ1v) is 14.4. The highest BCUT2D eigenvalue weighted by Gasteiger charge is 2.29. The summed E-state index contributed by atoms with van der Waals surface area (Å²) in [6, 6.07) is 32.7. The topological polar surface area (TPSA) is 73.0 Å². The molecule has 2 aliphatic heterocycles. The summed E-state index contributed by atoms with van der Waals surface area (Å²) in [6.45, 7) is 4.12. The zero-order chi connectivity index (χ0) is 27.2. The number of aromatic amines is 1. The Hall–Kier alpha value is -4.75. The van der Waals surface area contributed by atoms with Crippen LogP contribution in [-0.2, 0) is 6.54 Å². The van der Waals surface area contributed by atoms with E-state index in [4.69, 9.17) is 4.98 Å². The number of likely N-dealkylation sites (tertiary alicyclic amines) is 1. The van der Waals surface area contributed by atoms with Crippen LogP contribution in [0.5, 0.6) is 0 Å². The molecule has 0 atom stereocenters. The Morgan fingerprint density at radius 1 is 0.756 bits per heavy atom. The van der Waals surface area contributed by atoms with Crippen molar-refractivity contribution in [1.29, 1.82) is 0 Å². The number of rotatable bonds is 5. The third-order valence-corrected chi connectivity index (χ3v) is 8.56. The summed E-state index contributed by atoms with van der Waals surface area (Å²) in [4.78, 5) is 22.7. The molecule has 2 aromatic heterocycles. The third-order valence-electron chi connectivity index (χ3n) is 8.56. The quantitative estimate of drug-likeness (QED) is 0.255. The van der Waals surface area contributed by atoms with Crippen LogP contribution in [0.4, 0.5) is 11.4 Å². The molecule has 1 fully saturated rings. The van der Waals surface area contributed by atoms with E-state index in [1.807, 2.05) is 18.2 Å². The average Bonchev–Trinajstić information content (AvgIpc) is 3.67. The SMILES string of the molecule is c1ccc(-c2nc3cc4ncnc4cc3[nH]c2-c2ccc(CN3CCC(N4CNc5ccccc54)CC3)cc2)cc1. The van der Waals surface area contributed by atoms with Gasteiger partial charge in [-0.25, -0.2) is 15.0 Å². The van der Waals surface area contributed by atoms with Gasteiger partial charge in [-0.1, -0.05) is 66.7 Å². The lowest BCUT2D eigenvalue weighted by Crippen LogP contribution is -2.44. The van der Waals surface area contributed by atoms with Gasteiger partial charge in [0.05, 0.1) is 51.5 Å². The number of hydrogen-bond acceptors (Lipinski definition) is 6. The van der Waals surface area contributed by atoms with Crippen LogP contribution in [0.3, 0.4) is 0 Å².